The number of likely N-dealkylation sites (N-methyl/N-ethyl adjacent to an activating group) is 1. The minimum atomic E-state index is -1.98. The minimum Gasteiger partial charge on any atom is -0.338 e. The molecule has 0 bridgehead atoms. The zero-order chi connectivity index (χ0) is 21.4. The van der Waals surface area contributed by atoms with Crippen LogP contribution in [0.1, 0.15) is 13.8 Å². The van der Waals surface area contributed by atoms with E-state index in [0.717, 1.165) is 13.1 Å². The van der Waals surface area contributed by atoms with Gasteiger partial charge in [0.15, 0.2) is 0 Å². The molecule has 0 aliphatic heterocycles. The second kappa shape index (κ2) is 10.5. The summed E-state index contributed by atoms with van der Waals surface area (Å²) in [4.78, 5) is 14.4. The first-order valence-corrected chi connectivity index (χ1v) is 12.4. The smallest absolute Gasteiger partial charge is 0.219 e. The van der Waals surface area contributed by atoms with Crippen LogP contribution in [0.2, 0.25) is 0 Å². The average Bonchev–Trinajstić information content (AvgIpc) is 2.79. The van der Waals surface area contributed by atoms with Crippen LogP contribution < -0.4 is 21.2 Å². The molecular weight excluding hydrogens is 387 g/mol. The summed E-state index contributed by atoms with van der Waals surface area (Å²) >= 11 is 0. The Balaban J connectivity index is 2.19. The zero-order valence-electron chi connectivity index (χ0n) is 18.2. The summed E-state index contributed by atoms with van der Waals surface area (Å²) in [6.07, 6.45) is 0. The summed E-state index contributed by atoms with van der Waals surface area (Å²) in [6.45, 7) is 6.23. The summed E-state index contributed by atoms with van der Waals surface area (Å²) in [5, 5.41) is 7.24. The Morgan fingerprint density at radius 2 is 1.23 bits per heavy atom. The third-order valence-corrected chi connectivity index (χ3v) is 10.5. The lowest BCUT2D eigenvalue weighted by molar-refractivity contribution is -0.128. The molecule has 0 fully saturated rings. The van der Waals surface area contributed by atoms with Gasteiger partial charge in [0.1, 0.15) is 23.2 Å². The second-order valence-electron chi connectivity index (χ2n) is 7.65. The number of carbonyl (C=O) groups excluding carboxylic acids is 1. The molecule has 4 heteroatoms. The Morgan fingerprint density at radius 1 is 0.833 bits per heavy atom. The van der Waals surface area contributed by atoms with E-state index in [1.165, 1.54) is 15.9 Å². The van der Waals surface area contributed by atoms with Crippen LogP contribution in [0.4, 0.5) is 0 Å². The van der Waals surface area contributed by atoms with Crippen molar-refractivity contribution in [3.05, 3.63) is 91.0 Å². The molecule has 0 aromatic heterocycles. The molecule has 1 N–H and O–H groups in total. The first-order valence-electron chi connectivity index (χ1n) is 10.6. The quantitative estimate of drug-likeness (QED) is 0.539. The fourth-order valence-electron chi connectivity index (χ4n) is 4.27. The number of carbonyl (C=O) groups is 1. The SMILES string of the molecule is CNCCN(CC(C)[P+](c1ccccc1)(c1ccccc1)c1ccccc1)C(C)=O. The molecule has 3 rings (SSSR count). The molecule has 0 saturated carbocycles. The molecule has 1 unspecified atom stereocenters. The predicted octanol–water partition coefficient (Wildman–Crippen LogP) is 3.44. The Bertz CT molecular complexity index is 819. The lowest BCUT2D eigenvalue weighted by Crippen LogP contribution is -2.45. The van der Waals surface area contributed by atoms with Gasteiger partial charge in [0.05, 0.1) is 12.2 Å². The maximum absolute atomic E-state index is 12.4. The van der Waals surface area contributed by atoms with E-state index >= 15 is 0 Å². The van der Waals surface area contributed by atoms with Crippen molar-refractivity contribution in [2.75, 3.05) is 26.7 Å². The van der Waals surface area contributed by atoms with Gasteiger partial charge in [-0.25, -0.2) is 0 Å². The molecule has 30 heavy (non-hydrogen) atoms. The summed E-state index contributed by atoms with van der Waals surface area (Å²) in [5.41, 5.74) is 0.269. The highest BCUT2D eigenvalue weighted by Gasteiger charge is 2.50. The van der Waals surface area contributed by atoms with Crippen molar-refractivity contribution >= 4 is 29.1 Å². The van der Waals surface area contributed by atoms with Crippen molar-refractivity contribution < 1.29 is 4.79 Å². The maximum atomic E-state index is 12.4. The highest BCUT2D eigenvalue weighted by molar-refractivity contribution is 7.96. The number of nitrogens with one attached hydrogen (secondary N) is 1. The number of benzene rings is 3. The maximum Gasteiger partial charge on any atom is 0.219 e. The minimum absolute atomic E-state index is 0.129. The van der Waals surface area contributed by atoms with Crippen LogP contribution in [0.25, 0.3) is 0 Å². The fourth-order valence-corrected chi connectivity index (χ4v) is 9.06. The average molecular weight is 420 g/mol. The van der Waals surface area contributed by atoms with Crippen molar-refractivity contribution in [1.82, 2.24) is 10.2 Å². The number of amides is 1. The third kappa shape index (κ3) is 4.64. The lowest BCUT2D eigenvalue weighted by atomic mass is 10.3. The largest absolute Gasteiger partial charge is 0.338 e. The van der Waals surface area contributed by atoms with E-state index in [9.17, 15) is 4.79 Å². The molecule has 0 heterocycles. The van der Waals surface area contributed by atoms with E-state index < -0.39 is 7.26 Å². The second-order valence-corrected chi connectivity index (χ2v) is 11.5. The molecule has 0 aliphatic rings. The first-order chi connectivity index (χ1) is 14.6. The number of hydrogen-bond donors (Lipinski definition) is 1. The monoisotopic (exact) mass is 419 g/mol. The van der Waals surface area contributed by atoms with Crippen LogP contribution >= 0.6 is 7.26 Å². The molecule has 0 spiro atoms. The van der Waals surface area contributed by atoms with Crippen LogP contribution in [0.3, 0.4) is 0 Å². The van der Waals surface area contributed by atoms with Crippen molar-refractivity contribution in [2.45, 2.75) is 19.5 Å². The molecule has 156 valence electrons. The van der Waals surface area contributed by atoms with E-state index in [1.807, 2.05) is 11.9 Å². The van der Waals surface area contributed by atoms with Gasteiger partial charge in [-0.3, -0.25) is 4.79 Å². The van der Waals surface area contributed by atoms with Gasteiger partial charge in [-0.1, -0.05) is 54.6 Å². The Kier molecular flexibility index (Phi) is 7.79. The van der Waals surface area contributed by atoms with Crippen LogP contribution in [-0.4, -0.2) is 43.1 Å². The van der Waals surface area contributed by atoms with E-state index in [2.05, 4.69) is 103 Å². The Morgan fingerprint density at radius 3 is 1.57 bits per heavy atom. The van der Waals surface area contributed by atoms with Crippen molar-refractivity contribution in [3.8, 4) is 0 Å². The normalized spacial score (nSPS) is 12.4. The standard InChI is InChI=1S/C26H32N2OP/c1-22(21-28(23(2)29)20-19-27-3)30(24-13-7-4-8-14-24,25-15-9-5-10-16-25)26-17-11-6-12-18-26/h4-18,22,27H,19-21H2,1-3H3/q+1. The molecule has 1 atom stereocenters. The summed E-state index contributed by atoms with van der Waals surface area (Å²) < 4.78 is 0. The van der Waals surface area contributed by atoms with Gasteiger partial charge in [-0.2, -0.15) is 0 Å². The number of rotatable bonds is 9. The summed E-state index contributed by atoms with van der Waals surface area (Å²) in [5.74, 6) is 0.129. The van der Waals surface area contributed by atoms with Crippen molar-refractivity contribution in [3.63, 3.8) is 0 Å². The van der Waals surface area contributed by atoms with E-state index in [4.69, 9.17) is 0 Å². The first kappa shape index (κ1) is 22.2. The number of nitrogens with zero attached hydrogens (tertiary/aromatic N) is 1. The van der Waals surface area contributed by atoms with E-state index in [-0.39, 0.29) is 11.6 Å². The van der Waals surface area contributed by atoms with Gasteiger partial charge in [-0.15, -0.1) is 0 Å². The molecular formula is C26H32N2OP+. The Hall–Kier alpha value is -2.48. The van der Waals surface area contributed by atoms with Gasteiger partial charge in [0, 0.05) is 20.0 Å². The third-order valence-electron chi connectivity index (χ3n) is 5.71. The molecule has 1 amide bonds. The molecule has 3 aromatic carbocycles. The van der Waals surface area contributed by atoms with Gasteiger partial charge in [0.2, 0.25) is 5.91 Å². The zero-order valence-corrected chi connectivity index (χ0v) is 19.1. The van der Waals surface area contributed by atoms with Gasteiger partial charge in [-0.05, 0) is 50.4 Å². The van der Waals surface area contributed by atoms with E-state index in [1.54, 1.807) is 6.92 Å². The van der Waals surface area contributed by atoms with Crippen LogP contribution in [0.15, 0.2) is 91.0 Å². The highest BCUT2D eigenvalue weighted by atomic mass is 31.2. The van der Waals surface area contributed by atoms with Crippen molar-refractivity contribution in [2.24, 2.45) is 0 Å². The molecule has 0 saturated heterocycles. The van der Waals surface area contributed by atoms with Crippen molar-refractivity contribution in [1.29, 1.82) is 0 Å². The fraction of sp³-hybridized carbons (Fsp3) is 0.269. The van der Waals surface area contributed by atoms with Gasteiger partial charge < -0.3 is 10.2 Å². The molecule has 0 radical (unpaired) electrons. The lowest BCUT2D eigenvalue weighted by Gasteiger charge is -2.35. The van der Waals surface area contributed by atoms with Crippen LogP contribution in [-0.2, 0) is 4.79 Å². The highest BCUT2D eigenvalue weighted by Crippen LogP contribution is 2.59. The topological polar surface area (TPSA) is 32.3 Å². The molecule has 3 aromatic rings. The summed E-state index contributed by atoms with van der Waals surface area (Å²) in [7, 11) is -0.0568. The number of hydrogen-bond acceptors (Lipinski definition) is 2. The predicted molar refractivity (Wildman–Crippen MR) is 131 cm³/mol. The molecule has 0 aliphatic carbocycles. The van der Waals surface area contributed by atoms with Crippen LogP contribution in [0.5, 0.6) is 0 Å². The molecule has 3 nitrogen and oxygen atoms in total. The van der Waals surface area contributed by atoms with Gasteiger partial charge >= 0.3 is 0 Å². The van der Waals surface area contributed by atoms with Gasteiger partial charge in [0.25, 0.3) is 0 Å². The van der Waals surface area contributed by atoms with Crippen LogP contribution in [0, 0.1) is 0 Å². The van der Waals surface area contributed by atoms with E-state index in [0.29, 0.717) is 6.54 Å². The Labute approximate surface area is 181 Å². The summed E-state index contributed by atoms with van der Waals surface area (Å²) in [6, 6.07) is 32.6.